The predicted molar refractivity (Wildman–Crippen MR) is 90.4 cm³/mol. The second-order valence-electron chi connectivity index (χ2n) is 6.10. The Bertz CT molecular complexity index is 763. The first-order chi connectivity index (χ1) is 12.0. The van der Waals surface area contributed by atoms with Gasteiger partial charge in [0, 0.05) is 32.2 Å². The number of amides is 2. The molecule has 25 heavy (non-hydrogen) atoms. The molecule has 1 aliphatic rings. The fourth-order valence-electron chi connectivity index (χ4n) is 2.73. The van der Waals surface area contributed by atoms with Crippen molar-refractivity contribution in [2.24, 2.45) is 0 Å². The maximum Gasteiger partial charge on any atom is 0.276 e. The highest BCUT2D eigenvalue weighted by atomic mass is 16.5. The van der Waals surface area contributed by atoms with Crippen molar-refractivity contribution in [3.63, 3.8) is 0 Å². The second kappa shape index (κ2) is 7.38. The van der Waals surface area contributed by atoms with E-state index in [0.29, 0.717) is 43.4 Å². The van der Waals surface area contributed by atoms with Crippen molar-refractivity contribution in [1.82, 2.24) is 15.0 Å². The van der Waals surface area contributed by atoms with Gasteiger partial charge >= 0.3 is 0 Å². The molecule has 0 unspecified atom stereocenters. The van der Waals surface area contributed by atoms with Gasteiger partial charge in [0.2, 0.25) is 0 Å². The van der Waals surface area contributed by atoms with E-state index >= 15 is 0 Å². The summed E-state index contributed by atoms with van der Waals surface area (Å²) in [6, 6.07) is 9.21. The Morgan fingerprint density at radius 1 is 1.12 bits per heavy atom. The normalized spacial score (nSPS) is 14.5. The first-order valence-electron chi connectivity index (χ1n) is 8.23. The Morgan fingerprint density at radius 3 is 2.48 bits per heavy atom. The summed E-state index contributed by atoms with van der Waals surface area (Å²) in [7, 11) is 0. The molecule has 0 bridgehead atoms. The van der Waals surface area contributed by atoms with Crippen molar-refractivity contribution < 1.29 is 18.8 Å². The third kappa shape index (κ3) is 4.17. The number of benzene rings is 1. The average Bonchev–Trinajstić information content (AvgIpc) is 3.06. The van der Waals surface area contributed by atoms with Gasteiger partial charge in [0.1, 0.15) is 11.5 Å². The smallest absolute Gasteiger partial charge is 0.276 e. The standard InChI is InChI=1S/C18H21N3O4/c1-13-4-3-5-15(10-13)24-12-17(22)20-6-8-21(9-7-20)18(23)16-11-14(2)25-19-16/h3-5,10-11H,6-9,12H2,1-2H3. The molecule has 3 rings (SSSR count). The van der Waals surface area contributed by atoms with Crippen LogP contribution in [-0.4, -0.2) is 59.6 Å². The number of aromatic nitrogens is 1. The van der Waals surface area contributed by atoms with E-state index in [1.165, 1.54) is 0 Å². The van der Waals surface area contributed by atoms with Crippen LogP contribution in [0.4, 0.5) is 0 Å². The minimum atomic E-state index is -0.167. The van der Waals surface area contributed by atoms with Gasteiger partial charge in [-0.05, 0) is 31.5 Å². The molecule has 2 aromatic rings. The predicted octanol–water partition coefficient (Wildman–Crippen LogP) is 1.65. The lowest BCUT2D eigenvalue weighted by Crippen LogP contribution is -2.51. The van der Waals surface area contributed by atoms with Gasteiger partial charge in [-0.1, -0.05) is 17.3 Å². The number of aryl methyl sites for hydroxylation is 2. The molecular formula is C18H21N3O4. The molecule has 1 saturated heterocycles. The quantitative estimate of drug-likeness (QED) is 0.844. The molecule has 1 fully saturated rings. The third-order valence-electron chi connectivity index (χ3n) is 4.12. The van der Waals surface area contributed by atoms with E-state index in [0.717, 1.165) is 5.56 Å². The van der Waals surface area contributed by atoms with E-state index in [4.69, 9.17) is 9.26 Å². The Labute approximate surface area is 146 Å². The number of nitrogens with zero attached hydrogens (tertiary/aromatic N) is 3. The highest BCUT2D eigenvalue weighted by Gasteiger charge is 2.26. The van der Waals surface area contributed by atoms with Gasteiger partial charge in [-0.15, -0.1) is 0 Å². The summed E-state index contributed by atoms with van der Waals surface area (Å²) in [5.74, 6) is 1.04. The van der Waals surface area contributed by atoms with Gasteiger partial charge in [-0.25, -0.2) is 0 Å². The molecule has 0 saturated carbocycles. The van der Waals surface area contributed by atoms with Gasteiger partial charge in [-0.3, -0.25) is 9.59 Å². The zero-order valence-electron chi connectivity index (χ0n) is 14.4. The minimum Gasteiger partial charge on any atom is -0.484 e. The SMILES string of the molecule is Cc1cccc(OCC(=O)N2CCN(C(=O)c3cc(C)on3)CC2)c1. The maximum absolute atomic E-state index is 12.3. The molecular weight excluding hydrogens is 322 g/mol. The summed E-state index contributed by atoms with van der Waals surface area (Å²) in [4.78, 5) is 28.0. The molecule has 0 atom stereocenters. The lowest BCUT2D eigenvalue weighted by Gasteiger charge is -2.34. The van der Waals surface area contributed by atoms with E-state index in [2.05, 4.69) is 5.16 Å². The molecule has 1 aliphatic heterocycles. The Morgan fingerprint density at radius 2 is 1.84 bits per heavy atom. The van der Waals surface area contributed by atoms with Crippen molar-refractivity contribution in [3.05, 3.63) is 47.3 Å². The highest BCUT2D eigenvalue weighted by Crippen LogP contribution is 2.13. The van der Waals surface area contributed by atoms with E-state index in [1.54, 1.807) is 22.8 Å². The fraction of sp³-hybridized carbons (Fsp3) is 0.389. The van der Waals surface area contributed by atoms with Crippen molar-refractivity contribution >= 4 is 11.8 Å². The van der Waals surface area contributed by atoms with Crippen LogP contribution in [-0.2, 0) is 4.79 Å². The van der Waals surface area contributed by atoms with Gasteiger partial charge < -0.3 is 19.1 Å². The molecule has 0 radical (unpaired) electrons. The topological polar surface area (TPSA) is 75.9 Å². The molecule has 1 aromatic carbocycles. The van der Waals surface area contributed by atoms with Crippen LogP contribution >= 0.6 is 0 Å². The molecule has 132 valence electrons. The fourth-order valence-corrected chi connectivity index (χ4v) is 2.73. The molecule has 7 nitrogen and oxygen atoms in total. The van der Waals surface area contributed by atoms with Crippen LogP contribution in [0.15, 0.2) is 34.9 Å². The molecule has 0 N–H and O–H groups in total. The largest absolute Gasteiger partial charge is 0.484 e. The number of rotatable bonds is 4. The Balaban J connectivity index is 1.48. The number of hydrogen-bond donors (Lipinski definition) is 0. The van der Waals surface area contributed by atoms with E-state index in [9.17, 15) is 9.59 Å². The van der Waals surface area contributed by atoms with Crippen LogP contribution in [0, 0.1) is 13.8 Å². The highest BCUT2D eigenvalue weighted by molar-refractivity contribution is 5.92. The van der Waals surface area contributed by atoms with Crippen LogP contribution in [0.1, 0.15) is 21.8 Å². The van der Waals surface area contributed by atoms with Crippen LogP contribution in [0.2, 0.25) is 0 Å². The van der Waals surface area contributed by atoms with Crippen LogP contribution in [0.5, 0.6) is 5.75 Å². The average molecular weight is 343 g/mol. The summed E-state index contributed by atoms with van der Waals surface area (Å²) >= 11 is 0. The first kappa shape index (κ1) is 17.0. The number of ether oxygens (including phenoxy) is 1. The minimum absolute atomic E-state index is 0.000118. The summed E-state index contributed by atoms with van der Waals surface area (Å²) in [5, 5.41) is 3.75. The maximum atomic E-state index is 12.3. The van der Waals surface area contributed by atoms with Crippen molar-refractivity contribution in [2.75, 3.05) is 32.8 Å². The number of carbonyl (C=O) groups excluding carboxylic acids is 2. The van der Waals surface area contributed by atoms with E-state index in [-0.39, 0.29) is 18.4 Å². The molecule has 0 aliphatic carbocycles. The molecule has 2 amide bonds. The van der Waals surface area contributed by atoms with Crippen molar-refractivity contribution in [2.45, 2.75) is 13.8 Å². The number of piperazine rings is 1. The molecule has 0 spiro atoms. The zero-order valence-corrected chi connectivity index (χ0v) is 14.4. The van der Waals surface area contributed by atoms with E-state index < -0.39 is 0 Å². The van der Waals surface area contributed by atoms with Gasteiger partial charge in [0.05, 0.1) is 0 Å². The summed E-state index contributed by atoms with van der Waals surface area (Å²) in [6.07, 6.45) is 0. The molecule has 7 heteroatoms. The van der Waals surface area contributed by atoms with Gasteiger partial charge in [-0.2, -0.15) is 0 Å². The van der Waals surface area contributed by atoms with Gasteiger partial charge in [0.25, 0.3) is 11.8 Å². The van der Waals surface area contributed by atoms with E-state index in [1.807, 2.05) is 31.2 Å². The number of carbonyl (C=O) groups is 2. The zero-order chi connectivity index (χ0) is 17.8. The summed E-state index contributed by atoms with van der Waals surface area (Å²) < 4.78 is 10.5. The second-order valence-corrected chi connectivity index (χ2v) is 6.10. The van der Waals surface area contributed by atoms with Crippen LogP contribution in [0.3, 0.4) is 0 Å². The first-order valence-corrected chi connectivity index (χ1v) is 8.23. The lowest BCUT2D eigenvalue weighted by molar-refractivity contribution is -0.134. The monoisotopic (exact) mass is 343 g/mol. The lowest BCUT2D eigenvalue weighted by atomic mass is 10.2. The van der Waals surface area contributed by atoms with Crippen molar-refractivity contribution in [1.29, 1.82) is 0 Å². The van der Waals surface area contributed by atoms with Crippen LogP contribution in [0.25, 0.3) is 0 Å². The molecule has 2 heterocycles. The molecule has 1 aromatic heterocycles. The van der Waals surface area contributed by atoms with Crippen LogP contribution < -0.4 is 4.74 Å². The van der Waals surface area contributed by atoms with Crippen molar-refractivity contribution in [3.8, 4) is 5.75 Å². The Kier molecular flexibility index (Phi) is 5.02. The summed E-state index contributed by atoms with van der Waals surface area (Å²) in [5.41, 5.74) is 1.39. The summed E-state index contributed by atoms with van der Waals surface area (Å²) in [6.45, 7) is 5.63. The number of hydrogen-bond acceptors (Lipinski definition) is 5. The third-order valence-corrected chi connectivity index (χ3v) is 4.12. The van der Waals surface area contributed by atoms with Gasteiger partial charge in [0.15, 0.2) is 12.3 Å². The Hall–Kier alpha value is -2.83.